The Balaban J connectivity index is 1.94. The third kappa shape index (κ3) is 5.55. The van der Waals surface area contributed by atoms with E-state index >= 15 is 0 Å². The number of aromatic nitrogens is 1. The highest BCUT2D eigenvalue weighted by Crippen LogP contribution is 2.18. The van der Waals surface area contributed by atoms with Crippen LogP contribution in [-0.4, -0.2) is 36.2 Å². The topological polar surface area (TPSA) is 78.8 Å². The number of nitrogens with one attached hydrogen (secondary N) is 2. The molecule has 0 radical (unpaired) electrons. The fraction of sp³-hybridized carbons (Fsp3) is 0.333. The maximum Gasteiger partial charge on any atom is 0.191 e. The van der Waals surface area contributed by atoms with Crippen LogP contribution in [0.15, 0.2) is 53.7 Å². The van der Waals surface area contributed by atoms with Crippen molar-refractivity contribution in [3.05, 3.63) is 59.9 Å². The normalized spacial score (nSPS) is 12.5. The number of ether oxygens (including phenoxy) is 1. The molecule has 1 unspecified atom stereocenters. The molecule has 0 aliphatic carbocycles. The molecule has 0 amide bonds. The van der Waals surface area contributed by atoms with Crippen molar-refractivity contribution >= 4 is 5.96 Å². The molecule has 0 spiro atoms. The minimum atomic E-state index is -0.654. The quantitative estimate of drug-likeness (QED) is 0.534. The number of aliphatic imine (C=N–C) groups is 1. The van der Waals surface area contributed by atoms with Gasteiger partial charge in [-0.1, -0.05) is 18.2 Å². The molecule has 24 heavy (non-hydrogen) atoms. The van der Waals surface area contributed by atoms with E-state index in [-0.39, 0.29) is 0 Å². The van der Waals surface area contributed by atoms with Gasteiger partial charge < -0.3 is 20.5 Å². The second kappa shape index (κ2) is 9.52. The molecule has 0 saturated heterocycles. The number of hydrogen-bond acceptors (Lipinski definition) is 4. The smallest absolute Gasteiger partial charge is 0.191 e. The number of aliphatic hydroxyl groups excluding tert-OH is 1. The second-order valence-electron chi connectivity index (χ2n) is 5.19. The van der Waals surface area contributed by atoms with Crippen molar-refractivity contribution in [3.8, 4) is 5.75 Å². The van der Waals surface area contributed by atoms with Crippen LogP contribution in [0, 0.1) is 0 Å². The summed E-state index contributed by atoms with van der Waals surface area (Å²) in [6.45, 7) is 3.56. The molecular weight excluding hydrogens is 304 g/mol. The van der Waals surface area contributed by atoms with Crippen LogP contribution in [-0.2, 0) is 6.54 Å². The lowest BCUT2D eigenvalue weighted by molar-refractivity contribution is 0.180. The van der Waals surface area contributed by atoms with Gasteiger partial charge in [-0.2, -0.15) is 0 Å². The zero-order valence-electron chi connectivity index (χ0n) is 14.1. The summed E-state index contributed by atoms with van der Waals surface area (Å²) in [6, 6.07) is 13.1. The number of methoxy groups -OCH3 is 1. The van der Waals surface area contributed by atoms with E-state index in [9.17, 15) is 5.11 Å². The fourth-order valence-electron chi connectivity index (χ4n) is 2.15. The highest BCUT2D eigenvalue weighted by atomic mass is 16.5. The first-order valence-corrected chi connectivity index (χ1v) is 7.97. The van der Waals surface area contributed by atoms with Gasteiger partial charge in [-0.3, -0.25) is 4.98 Å². The summed E-state index contributed by atoms with van der Waals surface area (Å²) >= 11 is 0. The van der Waals surface area contributed by atoms with Crippen LogP contribution in [0.3, 0.4) is 0 Å². The van der Waals surface area contributed by atoms with Gasteiger partial charge in [0, 0.05) is 19.3 Å². The van der Waals surface area contributed by atoms with Crippen molar-refractivity contribution < 1.29 is 9.84 Å². The molecule has 2 rings (SSSR count). The first kappa shape index (κ1) is 17.7. The summed E-state index contributed by atoms with van der Waals surface area (Å²) < 4.78 is 5.18. The third-order valence-corrected chi connectivity index (χ3v) is 3.41. The Morgan fingerprint density at radius 3 is 2.83 bits per heavy atom. The lowest BCUT2D eigenvalue weighted by Gasteiger charge is -2.16. The van der Waals surface area contributed by atoms with E-state index in [0.717, 1.165) is 23.6 Å². The Hall–Kier alpha value is -2.60. The molecule has 0 saturated carbocycles. The predicted molar refractivity (Wildman–Crippen MR) is 95.0 cm³/mol. The van der Waals surface area contributed by atoms with E-state index in [1.54, 1.807) is 13.3 Å². The molecule has 1 aromatic carbocycles. The van der Waals surface area contributed by atoms with Gasteiger partial charge in [-0.05, 0) is 36.8 Å². The molecule has 0 aliphatic heterocycles. The van der Waals surface area contributed by atoms with Crippen LogP contribution in [0.2, 0.25) is 0 Å². The summed E-state index contributed by atoms with van der Waals surface area (Å²) in [7, 11) is 1.61. The maximum absolute atomic E-state index is 10.3. The standard InChI is InChI=1S/C18H24N4O2/c1-3-19-18(21-12-15-8-4-5-10-20-15)22-13-17(23)14-7-6-9-16(11-14)24-2/h4-11,17,23H,3,12-13H2,1-2H3,(H2,19,21,22). The van der Waals surface area contributed by atoms with E-state index < -0.39 is 6.10 Å². The predicted octanol–water partition coefficient (Wildman–Crippen LogP) is 1.88. The number of benzene rings is 1. The SMILES string of the molecule is CCNC(=NCc1ccccn1)NCC(O)c1cccc(OC)c1. The van der Waals surface area contributed by atoms with Gasteiger partial charge in [0.25, 0.3) is 0 Å². The number of hydrogen-bond donors (Lipinski definition) is 3. The van der Waals surface area contributed by atoms with Crippen molar-refractivity contribution in [2.75, 3.05) is 20.2 Å². The van der Waals surface area contributed by atoms with Crippen LogP contribution < -0.4 is 15.4 Å². The zero-order chi connectivity index (χ0) is 17.2. The highest BCUT2D eigenvalue weighted by molar-refractivity contribution is 5.79. The molecule has 128 valence electrons. The van der Waals surface area contributed by atoms with Crippen LogP contribution in [0.4, 0.5) is 0 Å². The van der Waals surface area contributed by atoms with Gasteiger partial charge in [0.05, 0.1) is 25.5 Å². The number of nitrogens with zero attached hydrogens (tertiary/aromatic N) is 2. The summed E-state index contributed by atoms with van der Waals surface area (Å²) in [5.41, 5.74) is 1.69. The van der Waals surface area contributed by atoms with Crippen LogP contribution in [0.5, 0.6) is 5.75 Å². The number of rotatable bonds is 7. The molecule has 0 fully saturated rings. The van der Waals surface area contributed by atoms with E-state index in [4.69, 9.17) is 4.74 Å². The number of guanidine groups is 1. The lowest BCUT2D eigenvalue weighted by Crippen LogP contribution is -2.39. The number of pyridine rings is 1. The average Bonchev–Trinajstić information content (AvgIpc) is 2.64. The molecular formula is C18H24N4O2. The molecule has 3 N–H and O–H groups in total. The Kier molecular flexibility index (Phi) is 7.04. The maximum atomic E-state index is 10.3. The largest absolute Gasteiger partial charge is 0.497 e. The summed E-state index contributed by atoms with van der Waals surface area (Å²) in [5.74, 6) is 1.37. The molecule has 1 heterocycles. The van der Waals surface area contributed by atoms with Gasteiger partial charge in [0.1, 0.15) is 5.75 Å². The van der Waals surface area contributed by atoms with Crippen molar-refractivity contribution in [1.29, 1.82) is 0 Å². The Bertz CT molecular complexity index is 646. The van der Waals surface area contributed by atoms with Crippen LogP contribution in [0.1, 0.15) is 24.3 Å². The van der Waals surface area contributed by atoms with E-state index in [1.165, 1.54) is 0 Å². The molecule has 1 aromatic heterocycles. The molecule has 0 bridgehead atoms. The molecule has 2 aromatic rings. The van der Waals surface area contributed by atoms with Gasteiger partial charge in [0.15, 0.2) is 5.96 Å². The van der Waals surface area contributed by atoms with E-state index in [0.29, 0.717) is 19.0 Å². The summed E-state index contributed by atoms with van der Waals surface area (Å²) in [4.78, 5) is 8.73. The van der Waals surface area contributed by atoms with Crippen molar-refractivity contribution in [1.82, 2.24) is 15.6 Å². The first-order chi connectivity index (χ1) is 11.7. The van der Waals surface area contributed by atoms with Gasteiger partial charge >= 0.3 is 0 Å². The minimum absolute atomic E-state index is 0.348. The van der Waals surface area contributed by atoms with E-state index in [1.807, 2.05) is 49.4 Å². The Labute approximate surface area is 142 Å². The fourth-order valence-corrected chi connectivity index (χ4v) is 2.15. The van der Waals surface area contributed by atoms with Crippen molar-refractivity contribution in [2.45, 2.75) is 19.6 Å². The van der Waals surface area contributed by atoms with Gasteiger partial charge in [0.2, 0.25) is 0 Å². The van der Waals surface area contributed by atoms with Crippen LogP contribution >= 0.6 is 0 Å². The second-order valence-corrected chi connectivity index (χ2v) is 5.19. The van der Waals surface area contributed by atoms with Crippen molar-refractivity contribution in [3.63, 3.8) is 0 Å². The summed E-state index contributed by atoms with van der Waals surface area (Å²) in [6.07, 6.45) is 1.09. The van der Waals surface area contributed by atoms with Crippen molar-refractivity contribution in [2.24, 2.45) is 4.99 Å². The van der Waals surface area contributed by atoms with Gasteiger partial charge in [-0.15, -0.1) is 0 Å². The zero-order valence-corrected chi connectivity index (χ0v) is 14.1. The Morgan fingerprint density at radius 2 is 2.12 bits per heavy atom. The molecule has 1 atom stereocenters. The van der Waals surface area contributed by atoms with Crippen LogP contribution in [0.25, 0.3) is 0 Å². The molecule has 6 nitrogen and oxygen atoms in total. The summed E-state index contributed by atoms with van der Waals surface area (Å²) in [5, 5.41) is 16.6. The first-order valence-electron chi connectivity index (χ1n) is 7.97. The lowest BCUT2D eigenvalue weighted by atomic mass is 10.1. The highest BCUT2D eigenvalue weighted by Gasteiger charge is 2.09. The molecule has 6 heteroatoms. The van der Waals surface area contributed by atoms with E-state index in [2.05, 4.69) is 20.6 Å². The van der Waals surface area contributed by atoms with Gasteiger partial charge in [-0.25, -0.2) is 4.99 Å². The third-order valence-electron chi connectivity index (χ3n) is 3.41. The Morgan fingerprint density at radius 1 is 1.25 bits per heavy atom. The monoisotopic (exact) mass is 328 g/mol. The minimum Gasteiger partial charge on any atom is -0.497 e. The molecule has 0 aliphatic rings. The number of aliphatic hydroxyl groups is 1. The average molecular weight is 328 g/mol.